The van der Waals surface area contributed by atoms with E-state index in [9.17, 15) is 0 Å². The monoisotopic (exact) mass is 722 g/mol. The first-order valence-electron chi connectivity index (χ1n) is 19.9. The van der Waals surface area contributed by atoms with E-state index in [-0.39, 0.29) is 10.8 Å². The Bertz CT molecular complexity index is 2710. The van der Waals surface area contributed by atoms with Crippen molar-refractivity contribution in [3.05, 3.63) is 211 Å². The van der Waals surface area contributed by atoms with E-state index < -0.39 is 8.07 Å². The molecule has 0 aromatic heterocycles. The highest BCUT2D eigenvalue weighted by molar-refractivity contribution is 7.19. The minimum atomic E-state index is -2.65. The van der Waals surface area contributed by atoms with Gasteiger partial charge in [-0.1, -0.05) is 210 Å². The fraction of sp³-hybridized carbons (Fsp3) is 0.148. The van der Waals surface area contributed by atoms with Gasteiger partial charge < -0.3 is 0 Å². The Labute approximate surface area is 326 Å². The molecule has 55 heavy (non-hydrogen) atoms. The van der Waals surface area contributed by atoms with Gasteiger partial charge in [0.25, 0.3) is 0 Å². The van der Waals surface area contributed by atoms with Crippen LogP contribution in [0, 0.1) is 11.8 Å². The van der Waals surface area contributed by atoms with Gasteiger partial charge in [-0.3, -0.25) is 0 Å². The molecule has 0 saturated carbocycles. The van der Waals surface area contributed by atoms with Gasteiger partial charge in [0.1, 0.15) is 0 Å². The summed E-state index contributed by atoms with van der Waals surface area (Å²) < 4.78 is 0. The first kappa shape index (κ1) is 33.8. The van der Waals surface area contributed by atoms with Crippen molar-refractivity contribution < 1.29 is 0 Å². The van der Waals surface area contributed by atoms with E-state index in [1.807, 2.05) is 0 Å². The highest BCUT2D eigenvalue weighted by Gasteiger charge is 2.50. The van der Waals surface area contributed by atoms with Crippen LogP contribution in [0.15, 0.2) is 194 Å². The number of hydrogen-bond donors (Lipinski definition) is 0. The molecule has 8 aromatic rings. The summed E-state index contributed by atoms with van der Waals surface area (Å²) in [5.41, 5.74) is 5.45. The highest BCUT2D eigenvalue weighted by Crippen LogP contribution is 2.57. The van der Waals surface area contributed by atoms with Gasteiger partial charge in [-0.05, 0) is 110 Å². The van der Waals surface area contributed by atoms with Gasteiger partial charge in [0.15, 0.2) is 8.07 Å². The van der Waals surface area contributed by atoms with Crippen LogP contribution < -0.4 is 20.7 Å². The van der Waals surface area contributed by atoms with Crippen LogP contribution in [-0.2, 0) is 10.8 Å². The number of fused-ring (bicyclic) bond motifs is 8. The van der Waals surface area contributed by atoms with Gasteiger partial charge in [-0.25, -0.2) is 0 Å². The van der Waals surface area contributed by atoms with Crippen molar-refractivity contribution >= 4 is 66.7 Å². The maximum atomic E-state index is 2.63. The molecule has 2 unspecified atom stereocenters. The lowest BCUT2D eigenvalue weighted by atomic mass is 9.51. The zero-order chi connectivity index (χ0) is 37.4. The van der Waals surface area contributed by atoms with Crippen LogP contribution in [0.1, 0.15) is 44.4 Å². The van der Waals surface area contributed by atoms with E-state index in [2.05, 4.69) is 222 Å². The third kappa shape index (κ3) is 5.03. The number of hydrogen-bond acceptors (Lipinski definition) is 0. The van der Waals surface area contributed by atoms with E-state index in [1.54, 1.807) is 0 Å². The summed E-state index contributed by atoms with van der Waals surface area (Å²) in [6.45, 7) is 9.96. The summed E-state index contributed by atoms with van der Waals surface area (Å²) in [5.74, 6) is 0.708. The van der Waals surface area contributed by atoms with Crippen LogP contribution in [0.25, 0.3) is 37.9 Å². The van der Waals surface area contributed by atoms with Gasteiger partial charge in [-0.15, -0.1) is 0 Å². The fourth-order valence-corrected chi connectivity index (χ4v) is 15.4. The van der Waals surface area contributed by atoms with E-state index in [4.69, 9.17) is 0 Å². The van der Waals surface area contributed by atoms with E-state index >= 15 is 0 Å². The van der Waals surface area contributed by atoms with Crippen LogP contribution in [0.3, 0.4) is 0 Å². The standard InChI is InChI=1S/C54H46Si/c1-53(2)49-32-31-38(34-50(49)54(3,4)52-36-48-46-30-17-15-28-44(46)43-27-14-16-29-45(43)47(48)35-51(52)53)37-19-18-26-42(33-37)55(39-20-8-5-9-21-39,40-22-10-6-11-23-40)41-24-12-7-13-25-41/h5-36,49-50H,1-4H3. The summed E-state index contributed by atoms with van der Waals surface area (Å²) in [7, 11) is -2.65. The Morgan fingerprint density at radius 2 is 0.782 bits per heavy atom. The topological polar surface area (TPSA) is 0 Å². The Balaban J connectivity index is 1.15. The van der Waals surface area contributed by atoms with Crippen molar-refractivity contribution in [1.29, 1.82) is 0 Å². The lowest BCUT2D eigenvalue weighted by Gasteiger charge is -2.53. The molecule has 0 heterocycles. The molecule has 0 fully saturated rings. The van der Waals surface area contributed by atoms with Crippen LogP contribution in [-0.4, -0.2) is 8.07 Å². The molecule has 2 aliphatic rings. The quantitative estimate of drug-likeness (QED) is 0.0943. The molecular formula is C54H46Si. The summed E-state index contributed by atoms with van der Waals surface area (Å²) in [6, 6.07) is 66.4. The van der Waals surface area contributed by atoms with E-state index in [0.29, 0.717) is 11.8 Å². The van der Waals surface area contributed by atoms with Crippen LogP contribution in [0.4, 0.5) is 0 Å². The second kappa shape index (κ2) is 12.7. The maximum Gasteiger partial charge on any atom is 0.179 e. The third-order valence-corrected chi connectivity index (χ3v) is 18.2. The van der Waals surface area contributed by atoms with Crippen molar-refractivity contribution in [3.8, 4) is 0 Å². The minimum absolute atomic E-state index is 0.0488. The highest BCUT2D eigenvalue weighted by atomic mass is 28.3. The Hall–Kier alpha value is -5.76. The molecule has 0 N–H and O–H groups in total. The minimum Gasteiger partial charge on any atom is -0.0793 e. The summed E-state index contributed by atoms with van der Waals surface area (Å²) in [6.07, 6.45) is 7.62. The molecule has 2 atom stereocenters. The molecule has 0 nitrogen and oxygen atoms in total. The molecule has 0 spiro atoms. The normalized spacial score (nSPS) is 18.5. The smallest absolute Gasteiger partial charge is 0.0793 e. The third-order valence-electron chi connectivity index (χ3n) is 13.4. The molecule has 0 amide bonds. The molecule has 0 radical (unpaired) electrons. The van der Waals surface area contributed by atoms with Gasteiger partial charge in [0.05, 0.1) is 0 Å². The summed E-state index contributed by atoms with van der Waals surface area (Å²) in [5, 5.41) is 13.7. The van der Waals surface area contributed by atoms with Crippen molar-refractivity contribution in [2.75, 3.05) is 0 Å². The van der Waals surface area contributed by atoms with Gasteiger partial charge >= 0.3 is 0 Å². The van der Waals surface area contributed by atoms with Crippen LogP contribution in [0.5, 0.6) is 0 Å². The molecule has 8 aromatic carbocycles. The number of rotatable bonds is 5. The second-order valence-corrected chi connectivity index (χ2v) is 20.7. The molecule has 0 aliphatic heterocycles. The van der Waals surface area contributed by atoms with Crippen LogP contribution in [0.2, 0.25) is 0 Å². The predicted molar refractivity (Wildman–Crippen MR) is 239 cm³/mol. The zero-order valence-corrected chi connectivity index (χ0v) is 33.1. The predicted octanol–water partition coefficient (Wildman–Crippen LogP) is 11.0. The van der Waals surface area contributed by atoms with Crippen molar-refractivity contribution in [1.82, 2.24) is 0 Å². The van der Waals surface area contributed by atoms with Crippen LogP contribution >= 0.6 is 0 Å². The molecule has 10 rings (SSSR count). The number of allylic oxidation sites excluding steroid dienone is 4. The Morgan fingerprint density at radius 3 is 1.25 bits per heavy atom. The second-order valence-electron chi connectivity index (χ2n) is 16.9. The first-order valence-corrected chi connectivity index (χ1v) is 21.9. The largest absolute Gasteiger partial charge is 0.179 e. The number of benzene rings is 8. The lowest BCUT2D eigenvalue weighted by molar-refractivity contribution is 0.191. The van der Waals surface area contributed by atoms with Crippen molar-refractivity contribution in [3.63, 3.8) is 0 Å². The zero-order valence-electron chi connectivity index (χ0n) is 32.1. The van der Waals surface area contributed by atoms with E-state index in [1.165, 1.54) is 75.3 Å². The SMILES string of the molecule is CC1(C)c2cc3c4ccccc4c4ccccc4c3cc2C(C)(C)C2C=C(c3cccc([Si](c4ccccc4)(c4ccccc4)c4ccccc4)c3)C=CC21. The fourth-order valence-electron chi connectivity index (χ4n) is 10.6. The van der Waals surface area contributed by atoms with Gasteiger partial charge in [0, 0.05) is 0 Å². The molecule has 2 aliphatic carbocycles. The molecule has 266 valence electrons. The molecule has 1 heteroatoms. The Morgan fingerprint density at radius 1 is 0.382 bits per heavy atom. The average Bonchev–Trinajstić information content (AvgIpc) is 3.24. The maximum absolute atomic E-state index is 2.65. The molecular weight excluding hydrogens is 677 g/mol. The molecule has 0 bridgehead atoms. The van der Waals surface area contributed by atoms with E-state index in [0.717, 1.165) is 0 Å². The Kier molecular flexibility index (Phi) is 7.77. The first-order chi connectivity index (χ1) is 26.8. The van der Waals surface area contributed by atoms with Gasteiger partial charge in [-0.2, -0.15) is 0 Å². The van der Waals surface area contributed by atoms with Gasteiger partial charge in [0.2, 0.25) is 0 Å². The summed E-state index contributed by atoms with van der Waals surface area (Å²) >= 11 is 0. The molecule has 0 saturated heterocycles. The lowest BCUT2D eigenvalue weighted by Crippen LogP contribution is -2.74. The van der Waals surface area contributed by atoms with Crippen molar-refractivity contribution in [2.24, 2.45) is 11.8 Å². The average molecular weight is 723 g/mol. The summed E-state index contributed by atoms with van der Waals surface area (Å²) in [4.78, 5) is 0. The van der Waals surface area contributed by atoms with Crippen molar-refractivity contribution in [2.45, 2.75) is 38.5 Å².